The molecule has 0 spiro atoms. The predicted molar refractivity (Wildman–Crippen MR) is 69.8 cm³/mol. The summed E-state index contributed by atoms with van der Waals surface area (Å²) < 4.78 is 5.67. The van der Waals surface area contributed by atoms with E-state index in [-0.39, 0.29) is 6.10 Å². The van der Waals surface area contributed by atoms with Crippen LogP contribution in [0.2, 0.25) is 0 Å². The third-order valence-electron chi connectivity index (χ3n) is 2.99. The lowest BCUT2D eigenvalue weighted by Gasteiger charge is -2.19. The Morgan fingerprint density at radius 3 is 2.59 bits per heavy atom. The SMILES string of the molecule is CCCC[C@@H](C)[C@H](C=O)OCc1ccccc1. The Labute approximate surface area is 104 Å². The maximum Gasteiger partial charge on any atom is 0.149 e. The molecular weight excluding hydrogens is 212 g/mol. The fraction of sp³-hybridized carbons (Fsp3) is 0.533. The number of hydrogen-bond acceptors (Lipinski definition) is 2. The van der Waals surface area contributed by atoms with E-state index in [0.29, 0.717) is 12.5 Å². The molecule has 1 aromatic carbocycles. The van der Waals surface area contributed by atoms with Crippen LogP contribution in [-0.2, 0) is 16.1 Å². The van der Waals surface area contributed by atoms with Crippen LogP contribution in [0.1, 0.15) is 38.7 Å². The van der Waals surface area contributed by atoms with E-state index in [4.69, 9.17) is 4.74 Å². The van der Waals surface area contributed by atoms with Crippen molar-refractivity contribution in [1.82, 2.24) is 0 Å². The van der Waals surface area contributed by atoms with Crippen molar-refractivity contribution in [1.29, 1.82) is 0 Å². The van der Waals surface area contributed by atoms with Gasteiger partial charge in [0.05, 0.1) is 6.61 Å². The molecule has 0 bridgehead atoms. The van der Waals surface area contributed by atoms with Crippen LogP contribution >= 0.6 is 0 Å². The van der Waals surface area contributed by atoms with Crippen molar-refractivity contribution in [2.45, 2.75) is 45.8 Å². The van der Waals surface area contributed by atoms with Crippen LogP contribution in [0.4, 0.5) is 0 Å². The van der Waals surface area contributed by atoms with Gasteiger partial charge in [-0.25, -0.2) is 0 Å². The molecule has 0 unspecified atom stereocenters. The fourth-order valence-electron chi connectivity index (χ4n) is 1.79. The Morgan fingerprint density at radius 1 is 1.29 bits per heavy atom. The standard InChI is InChI=1S/C15H22O2/c1-3-4-8-13(2)15(11-16)17-12-14-9-6-5-7-10-14/h5-7,9-11,13,15H,3-4,8,12H2,1-2H3/t13-,15+/m1/s1. The smallest absolute Gasteiger partial charge is 0.149 e. The Kier molecular flexibility index (Phi) is 6.56. The molecule has 0 aliphatic rings. The highest BCUT2D eigenvalue weighted by Crippen LogP contribution is 2.15. The molecule has 0 radical (unpaired) electrons. The van der Waals surface area contributed by atoms with Crippen LogP contribution in [0.25, 0.3) is 0 Å². The Morgan fingerprint density at radius 2 is 2.00 bits per heavy atom. The molecule has 1 aromatic rings. The van der Waals surface area contributed by atoms with Crippen molar-refractivity contribution in [3.63, 3.8) is 0 Å². The van der Waals surface area contributed by atoms with Gasteiger partial charge in [-0.1, -0.05) is 57.0 Å². The molecule has 17 heavy (non-hydrogen) atoms. The van der Waals surface area contributed by atoms with Crippen molar-refractivity contribution >= 4 is 6.29 Å². The number of benzene rings is 1. The van der Waals surface area contributed by atoms with Gasteiger partial charge in [0.2, 0.25) is 0 Å². The summed E-state index contributed by atoms with van der Waals surface area (Å²) in [4.78, 5) is 11.0. The molecule has 1 rings (SSSR count). The third-order valence-corrected chi connectivity index (χ3v) is 2.99. The number of rotatable bonds is 8. The van der Waals surface area contributed by atoms with E-state index in [1.165, 1.54) is 0 Å². The first-order chi connectivity index (χ1) is 8.27. The normalized spacial score (nSPS) is 14.2. The van der Waals surface area contributed by atoms with E-state index < -0.39 is 0 Å². The summed E-state index contributed by atoms with van der Waals surface area (Å²) in [7, 11) is 0. The molecule has 2 heteroatoms. The van der Waals surface area contributed by atoms with E-state index >= 15 is 0 Å². The molecule has 0 fully saturated rings. The molecule has 0 heterocycles. The zero-order chi connectivity index (χ0) is 12.5. The van der Waals surface area contributed by atoms with Gasteiger partial charge in [-0.3, -0.25) is 0 Å². The largest absolute Gasteiger partial charge is 0.366 e. The van der Waals surface area contributed by atoms with Crippen LogP contribution < -0.4 is 0 Å². The van der Waals surface area contributed by atoms with Crippen molar-refractivity contribution < 1.29 is 9.53 Å². The second kappa shape index (κ2) is 8.02. The average Bonchev–Trinajstić information content (AvgIpc) is 2.38. The van der Waals surface area contributed by atoms with E-state index in [1.807, 2.05) is 30.3 Å². The first kappa shape index (κ1) is 13.9. The first-order valence-corrected chi connectivity index (χ1v) is 6.38. The molecule has 0 saturated heterocycles. The summed E-state index contributed by atoms with van der Waals surface area (Å²) in [6.45, 7) is 4.76. The van der Waals surface area contributed by atoms with E-state index in [0.717, 1.165) is 31.1 Å². The highest BCUT2D eigenvalue weighted by molar-refractivity contribution is 5.56. The molecule has 0 aliphatic carbocycles. The number of carbonyl (C=O) groups excluding carboxylic acids is 1. The minimum absolute atomic E-state index is 0.276. The van der Waals surface area contributed by atoms with E-state index in [9.17, 15) is 4.79 Å². The van der Waals surface area contributed by atoms with Gasteiger partial charge in [0.1, 0.15) is 12.4 Å². The zero-order valence-corrected chi connectivity index (χ0v) is 10.8. The van der Waals surface area contributed by atoms with Crippen LogP contribution in [0.3, 0.4) is 0 Å². The second-order valence-electron chi connectivity index (χ2n) is 4.52. The monoisotopic (exact) mass is 234 g/mol. The molecule has 2 nitrogen and oxygen atoms in total. The molecule has 0 amide bonds. The summed E-state index contributed by atoms with van der Waals surface area (Å²) >= 11 is 0. The Balaban J connectivity index is 2.39. The lowest BCUT2D eigenvalue weighted by atomic mass is 9.99. The number of ether oxygens (including phenoxy) is 1. The van der Waals surface area contributed by atoms with Crippen molar-refractivity contribution in [3.8, 4) is 0 Å². The van der Waals surface area contributed by atoms with Gasteiger partial charge < -0.3 is 9.53 Å². The molecule has 0 aliphatic heterocycles. The van der Waals surface area contributed by atoms with Crippen LogP contribution in [0.5, 0.6) is 0 Å². The highest BCUT2D eigenvalue weighted by Gasteiger charge is 2.16. The molecule has 2 atom stereocenters. The van der Waals surface area contributed by atoms with Crippen molar-refractivity contribution in [2.24, 2.45) is 5.92 Å². The van der Waals surface area contributed by atoms with E-state index in [2.05, 4.69) is 13.8 Å². The summed E-state index contributed by atoms with van der Waals surface area (Å²) in [5.41, 5.74) is 1.11. The maximum atomic E-state index is 11.0. The third kappa shape index (κ3) is 5.14. The number of unbranched alkanes of at least 4 members (excludes halogenated alkanes) is 1. The van der Waals surface area contributed by atoms with Gasteiger partial charge in [-0.2, -0.15) is 0 Å². The summed E-state index contributed by atoms with van der Waals surface area (Å²) in [6, 6.07) is 9.96. The lowest BCUT2D eigenvalue weighted by molar-refractivity contribution is -0.122. The maximum absolute atomic E-state index is 11.0. The Bertz CT molecular complexity index is 308. The molecule has 0 N–H and O–H groups in total. The van der Waals surface area contributed by atoms with Gasteiger partial charge in [-0.05, 0) is 17.9 Å². The molecular formula is C15H22O2. The number of aldehydes is 1. The summed E-state index contributed by atoms with van der Waals surface area (Å²) in [5, 5.41) is 0. The van der Waals surface area contributed by atoms with Crippen LogP contribution in [0.15, 0.2) is 30.3 Å². The molecule has 94 valence electrons. The molecule has 0 saturated carbocycles. The minimum Gasteiger partial charge on any atom is -0.366 e. The van der Waals surface area contributed by atoms with Gasteiger partial charge in [0, 0.05) is 0 Å². The minimum atomic E-state index is -0.276. The number of hydrogen-bond donors (Lipinski definition) is 0. The highest BCUT2D eigenvalue weighted by atomic mass is 16.5. The topological polar surface area (TPSA) is 26.3 Å². The van der Waals surface area contributed by atoms with Crippen molar-refractivity contribution in [2.75, 3.05) is 0 Å². The molecule has 0 aromatic heterocycles. The summed E-state index contributed by atoms with van der Waals surface area (Å²) in [6.07, 6.45) is 4.02. The van der Waals surface area contributed by atoms with Crippen molar-refractivity contribution in [3.05, 3.63) is 35.9 Å². The summed E-state index contributed by atoms with van der Waals surface area (Å²) in [5.74, 6) is 0.302. The Hall–Kier alpha value is -1.15. The van der Waals surface area contributed by atoms with E-state index in [1.54, 1.807) is 0 Å². The first-order valence-electron chi connectivity index (χ1n) is 6.38. The second-order valence-corrected chi connectivity index (χ2v) is 4.52. The van der Waals surface area contributed by atoms with Gasteiger partial charge in [0.25, 0.3) is 0 Å². The van der Waals surface area contributed by atoms with Crippen LogP contribution in [-0.4, -0.2) is 12.4 Å². The number of carbonyl (C=O) groups is 1. The zero-order valence-electron chi connectivity index (χ0n) is 10.8. The van der Waals surface area contributed by atoms with Gasteiger partial charge >= 0.3 is 0 Å². The predicted octanol–water partition coefficient (Wildman–Crippen LogP) is 3.60. The van der Waals surface area contributed by atoms with Crippen LogP contribution in [0, 0.1) is 5.92 Å². The average molecular weight is 234 g/mol. The fourth-order valence-corrected chi connectivity index (χ4v) is 1.79. The lowest BCUT2D eigenvalue weighted by Crippen LogP contribution is -2.23. The van der Waals surface area contributed by atoms with Gasteiger partial charge in [-0.15, -0.1) is 0 Å². The quantitative estimate of drug-likeness (QED) is 0.642. The van der Waals surface area contributed by atoms with Gasteiger partial charge in [0.15, 0.2) is 0 Å².